The van der Waals surface area contributed by atoms with E-state index in [1.807, 2.05) is 43.3 Å². The summed E-state index contributed by atoms with van der Waals surface area (Å²) < 4.78 is 38.1. The lowest BCUT2D eigenvalue weighted by atomic mass is 10.1. The van der Waals surface area contributed by atoms with Gasteiger partial charge in [0.1, 0.15) is 0 Å². The quantitative estimate of drug-likeness (QED) is 0.611. The van der Waals surface area contributed by atoms with E-state index < -0.39 is 16.1 Å². The first-order valence-corrected chi connectivity index (χ1v) is 11.0. The number of ether oxygens (including phenoxy) is 1. The minimum absolute atomic E-state index is 0.0298. The van der Waals surface area contributed by atoms with Gasteiger partial charge in [0, 0.05) is 31.0 Å². The van der Waals surface area contributed by atoms with Crippen molar-refractivity contribution in [3.8, 4) is 11.4 Å². The highest BCUT2D eigenvalue weighted by atomic mass is 32.2. The highest BCUT2D eigenvalue weighted by Crippen LogP contribution is 2.26. The molecule has 0 spiro atoms. The van der Waals surface area contributed by atoms with E-state index in [0.717, 1.165) is 16.7 Å². The van der Waals surface area contributed by atoms with Gasteiger partial charge in [-0.25, -0.2) is 8.42 Å². The van der Waals surface area contributed by atoms with Crippen molar-refractivity contribution in [2.24, 2.45) is 0 Å². The van der Waals surface area contributed by atoms with Crippen LogP contribution in [0.25, 0.3) is 11.4 Å². The molecule has 29 heavy (non-hydrogen) atoms. The fourth-order valence-electron chi connectivity index (χ4n) is 3.25. The second-order valence-electron chi connectivity index (χ2n) is 6.91. The molecule has 1 aliphatic rings. The summed E-state index contributed by atoms with van der Waals surface area (Å²) in [5, 5.41) is 4.05. The Hall–Kier alpha value is -2.62. The van der Waals surface area contributed by atoms with Crippen LogP contribution in [0.5, 0.6) is 0 Å². The first-order valence-electron chi connectivity index (χ1n) is 9.41. The number of benzene rings is 1. The van der Waals surface area contributed by atoms with Gasteiger partial charge >= 0.3 is 0 Å². The summed E-state index contributed by atoms with van der Waals surface area (Å²) in [7, 11) is -3.43. The summed E-state index contributed by atoms with van der Waals surface area (Å²) >= 11 is 0. The maximum absolute atomic E-state index is 12.8. The predicted molar refractivity (Wildman–Crippen MR) is 106 cm³/mol. The fraction of sp³-hybridized carbons (Fsp3) is 0.350. The van der Waals surface area contributed by atoms with Gasteiger partial charge in [-0.05, 0) is 36.6 Å². The fourth-order valence-corrected chi connectivity index (χ4v) is 4.72. The lowest BCUT2D eigenvalue weighted by Gasteiger charge is -2.30. The molecule has 1 aliphatic heterocycles. The molecule has 0 saturated carbocycles. The molecule has 0 radical (unpaired) electrons. The lowest BCUT2D eigenvalue weighted by molar-refractivity contribution is -0.0199. The molecule has 9 heteroatoms. The molecule has 1 unspecified atom stereocenters. The number of aryl methyl sites for hydroxylation is 2. The van der Waals surface area contributed by atoms with Gasteiger partial charge in [0.25, 0.3) is 5.89 Å². The second-order valence-corrected chi connectivity index (χ2v) is 9.00. The molecule has 1 saturated heterocycles. The average molecular weight is 414 g/mol. The van der Waals surface area contributed by atoms with Crippen molar-refractivity contribution in [3.63, 3.8) is 0 Å². The highest BCUT2D eigenvalue weighted by molar-refractivity contribution is 7.89. The van der Waals surface area contributed by atoms with Crippen molar-refractivity contribution in [2.75, 3.05) is 25.4 Å². The van der Waals surface area contributed by atoms with E-state index in [0.29, 0.717) is 18.8 Å². The molecule has 8 nitrogen and oxygen atoms in total. The molecule has 0 N–H and O–H groups in total. The lowest BCUT2D eigenvalue weighted by Crippen LogP contribution is -2.43. The first kappa shape index (κ1) is 19.7. The van der Waals surface area contributed by atoms with Gasteiger partial charge in [0.2, 0.25) is 15.8 Å². The van der Waals surface area contributed by atoms with Gasteiger partial charge in [0.05, 0.1) is 12.4 Å². The number of rotatable bonds is 6. The Bertz CT molecular complexity index is 1070. The van der Waals surface area contributed by atoms with Gasteiger partial charge in [-0.1, -0.05) is 29.4 Å². The van der Waals surface area contributed by atoms with E-state index in [4.69, 9.17) is 9.26 Å². The van der Waals surface area contributed by atoms with E-state index in [1.54, 1.807) is 12.4 Å². The van der Waals surface area contributed by atoms with Crippen LogP contribution >= 0.6 is 0 Å². The molecular formula is C20H22N4O4S. The molecule has 1 atom stereocenters. The van der Waals surface area contributed by atoms with Crippen LogP contribution in [0.15, 0.2) is 53.3 Å². The van der Waals surface area contributed by atoms with E-state index in [1.165, 1.54) is 4.31 Å². The topological polar surface area (TPSA) is 98.4 Å². The Labute approximate surface area is 169 Å². The molecule has 3 heterocycles. The number of aromatic nitrogens is 3. The van der Waals surface area contributed by atoms with Gasteiger partial charge in [-0.15, -0.1) is 0 Å². The molecule has 0 bridgehead atoms. The molecular weight excluding hydrogens is 392 g/mol. The number of hydrogen-bond acceptors (Lipinski definition) is 7. The molecule has 4 rings (SSSR count). The maximum atomic E-state index is 12.8. The van der Waals surface area contributed by atoms with Crippen molar-refractivity contribution in [3.05, 3.63) is 65.8 Å². The Morgan fingerprint density at radius 2 is 1.97 bits per heavy atom. The van der Waals surface area contributed by atoms with Gasteiger partial charge in [-0.3, -0.25) is 4.98 Å². The highest BCUT2D eigenvalue weighted by Gasteiger charge is 2.33. The molecule has 0 amide bonds. The minimum Gasteiger partial charge on any atom is -0.366 e. The summed E-state index contributed by atoms with van der Waals surface area (Å²) in [4.78, 5) is 8.40. The van der Waals surface area contributed by atoms with E-state index in [2.05, 4.69) is 15.1 Å². The number of nitrogens with zero attached hydrogens (tertiary/aromatic N) is 4. The predicted octanol–water partition coefficient (Wildman–Crippen LogP) is 2.39. The van der Waals surface area contributed by atoms with Gasteiger partial charge in [-0.2, -0.15) is 9.29 Å². The summed E-state index contributed by atoms with van der Waals surface area (Å²) in [6, 6.07) is 11.4. The van der Waals surface area contributed by atoms with Crippen LogP contribution in [0.2, 0.25) is 0 Å². The third-order valence-electron chi connectivity index (χ3n) is 4.92. The van der Waals surface area contributed by atoms with E-state index in [-0.39, 0.29) is 24.8 Å². The minimum atomic E-state index is -3.43. The van der Waals surface area contributed by atoms with Crippen LogP contribution in [0, 0.1) is 6.92 Å². The number of sulfonamides is 1. The van der Waals surface area contributed by atoms with Gasteiger partial charge in [0.15, 0.2) is 6.10 Å². The smallest absolute Gasteiger partial charge is 0.257 e. The summed E-state index contributed by atoms with van der Waals surface area (Å²) in [6.07, 6.45) is 3.18. The number of morpholine rings is 1. The summed E-state index contributed by atoms with van der Waals surface area (Å²) in [6.45, 7) is 2.73. The van der Waals surface area contributed by atoms with Crippen LogP contribution < -0.4 is 0 Å². The maximum Gasteiger partial charge on any atom is 0.257 e. The Kier molecular flexibility index (Phi) is 5.70. The standard InChI is InChI=1S/C20H22N4O4S/c1-15-4-2-3-5-17(15)19-22-20(28-23-19)18-14-24(11-12-27-18)29(25,26)13-8-16-6-9-21-10-7-16/h2-7,9-10,18H,8,11-14H2,1H3. The molecule has 1 fully saturated rings. The van der Waals surface area contributed by atoms with Crippen molar-refractivity contribution in [1.82, 2.24) is 19.4 Å². The monoisotopic (exact) mass is 414 g/mol. The molecule has 1 aromatic carbocycles. The van der Waals surface area contributed by atoms with Crippen LogP contribution in [-0.4, -0.2) is 53.3 Å². The van der Waals surface area contributed by atoms with Crippen molar-refractivity contribution in [2.45, 2.75) is 19.4 Å². The zero-order valence-electron chi connectivity index (χ0n) is 16.1. The van der Waals surface area contributed by atoms with Crippen LogP contribution in [0.4, 0.5) is 0 Å². The van der Waals surface area contributed by atoms with E-state index in [9.17, 15) is 8.42 Å². The van der Waals surface area contributed by atoms with Crippen molar-refractivity contribution < 1.29 is 17.7 Å². The SMILES string of the molecule is Cc1ccccc1-c1noc(C2CN(S(=O)(=O)CCc3ccncc3)CCO2)n1. The van der Waals surface area contributed by atoms with Crippen molar-refractivity contribution in [1.29, 1.82) is 0 Å². The Morgan fingerprint density at radius 3 is 2.76 bits per heavy atom. The molecule has 0 aliphatic carbocycles. The number of pyridine rings is 1. The van der Waals surface area contributed by atoms with Gasteiger partial charge < -0.3 is 9.26 Å². The normalized spacial score (nSPS) is 18.0. The van der Waals surface area contributed by atoms with E-state index >= 15 is 0 Å². The second kappa shape index (κ2) is 8.40. The zero-order valence-corrected chi connectivity index (χ0v) is 16.9. The summed E-state index contributed by atoms with van der Waals surface area (Å²) in [5.74, 6) is 0.791. The molecule has 152 valence electrons. The summed E-state index contributed by atoms with van der Waals surface area (Å²) in [5.41, 5.74) is 2.85. The van der Waals surface area contributed by atoms with Crippen LogP contribution in [-0.2, 0) is 21.2 Å². The Morgan fingerprint density at radius 1 is 1.17 bits per heavy atom. The first-order chi connectivity index (χ1) is 14.0. The third-order valence-corrected chi connectivity index (χ3v) is 6.76. The zero-order chi connectivity index (χ0) is 20.3. The number of hydrogen-bond donors (Lipinski definition) is 0. The third kappa shape index (κ3) is 4.52. The van der Waals surface area contributed by atoms with Crippen LogP contribution in [0.1, 0.15) is 23.1 Å². The van der Waals surface area contributed by atoms with Crippen LogP contribution in [0.3, 0.4) is 0 Å². The molecule has 2 aromatic heterocycles. The Balaban J connectivity index is 1.45. The largest absolute Gasteiger partial charge is 0.366 e. The average Bonchev–Trinajstić information content (AvgIpc) is 3.24. The molecule has 3 aromatic rings. The van der Waals surface area contributed by atoms with Crippen molar-refractivity contribution >= 4 is 10.0 Å².